The maximum atomic E-state index is 12.0. The summed E-state index contributed by atoms with van der Waals surface area (Å²) in [5, 5.41) is 13.4. The number of benzene rings is 2. The van der Waals surface area contributed by atoms with Crippen molar-refractivity contribution in [1.82, 2.24) is 0 Å². The van der Waals surface area contributed by atoms with Crippen LogP contribution < -0.4 is 10.1 Å². The van der Waals surface area contributed by atoms with Crippen LogP contribution in [0.2, 0.25) is 0 Å². The van der Waals surface area contributed by atoms with Crippen LogP contribution in [0.4, 0.5) is 11.4 Å². The SMILES string of the molecule is COc1cccc(/C=C/C(=O)Nc2cc([N+](=O)[O-])ccc2C)c1. The van der Waals surface area contributed by atoms with Crippen molar-refractivity contribution in [3.63, 3.8) is 0 Å². The highest BCUT2D eigenvalue weighted by Gasteiger charge is 2.09. The second kappa shape index (κ2) is 7.22. The lowest BCUT2D eigenvalue weighted by molar-refractivity contribution is -0.384. The number of methoxy groups -OCH3 is 1. The Morgan fingerprint density at radius 3 is 2.74 bits per heavy atom. The third-order valence-corrected chi connectivity index (χ3v) is 3.21. The van der Waals surface area contributed by atoms with Crippen LogP contribution >= 0.6 is 0 Å². The maximum Gasteiger partial charge on any atom is 0.271 e. The van der Waals surface area contributed by atoms with Crippen molar-refractivity contribution in [1.29, 1.82) is 0 Å². The highest BCUT2D eigenvalue weighted by Crippen LogP contribution is 2.22. The van der Waals surface area contributed by atoms with Gasteiger partial charge in [-0.05, 0) is 36.3 Å². The van der Waals surface area contributed by atoms with Gasteiger partial charge in [-0.25, -0.2) is 0 Å². The third-order valence-electron chi connectivity index (χ3n) is 3.21. The van der Waals surface area contributed by atoms with E-state index in [9.17, 15) is 14.9 Å². The van der Waals surface area contributed by atoms with E-state index in [1.165, 1.54) is 18.2 Å². The molecule has 23 heavy (non-hydrogen) atoms. The van der Waals surface area contributed by atoms with E-state index in [1.54, 1.807) is 32.2 Å². The molecule has 0 spiro atoms. The van der Waals surface area contributed by atoms with Crippen molar-refractivity contribution < 1.29 is 14.5 Å². The lowest BCUT2D eigenvalue weighted by Gasteiger charge is -2.06. The number of non-ortho nitro benzene ring substituents is 1. The van der Waals surface area contributed by atoms with Gasteiger partial charge in [-0.3, -0.25) is 14.9 Å². The second-order valence-corrected chi connectivity index (χ2v) is 4.86. The first-order valence-electron chi connectivity index (χ1n) is 6.88. The molecule has 0 aliphatic rings. The summed E-state index contributed by atoms with van der Waals surface area (Å²) in [7, 11) is 1.57. The van der Waals surface area contributed by atoms with Gasteiger partial charge in [-0.1, -0.05) is 18.2 Å². The minimum absolute atomic E-state index is 0.0670. The minimum atomic E-state index is -0.499. The van der Waals surface area contributed by atoms with Crippen molar-refractivity contribution >= 4 is 23.4 Å². The van der Waals surface area contributed by atoms with Crippen LogP contribution in [-0.4, -0.2) is 17.9 Å². The summed E-state index contributed by atoms with van der Waals surface area (Å²) in [5.41, 5.74) is 1.91. The number of nitrogens with one attached hydrogen (secondary N) is 1. The Kier molecular flexibility index (Phi) is 5.09. The van der Waals surface area contributed by atoms with Crippen molar-refractivity contribution in [2.75, 3.05) is 12.4 Å². The lowest BCUT2D eigenvalue weighted by atomic mass is 10.1. The molecule has 6 heteroatoms. The molecule has 2 aromatic rings. The monoisotopic (exact) mass is 312 g/mol. The summed E-state index contributed by atoms with van der Waals surface area (Å²) in [6.07, 6.45) is 3.01. The number of aryl methyl sites for hydroxylation is 1. The number of amides is 1. The van der Waals surface area contributed by atoms with E-state index in [0.717, 1.165) is 11.1 Å². The van der Waals surface area contributed by atoms with Gasteiger partial charge >= 0.3 is 0 Å². The Bertz CT molecular complexity index is 769. The van der Waals surface area contributed by atoms with Crippen LogP contribution in [0.15, 0.2) is 48.5 Å². The molecule has 0 aliphatic carbocycles. The van der Waals surface area contributed by atoms with Gasteiger partial charge in [0.05, 0.1) is 17.7 Å². The molecule has 0 unspecified atom stereocenters. The Hall–Kier alpha value is -3.15. The zero-order valence-electron chi connectivity index (χ0n) is 12.8. The predicted molar refractivity (Wildman–Crippen MR) is 88.5 cm³/mol. The van der Waals surface area contributed by atoms with Crippen LogP contribution in [0.5, 0.6) is 5.75 Å². The minimum Gasteiger partial charge on any atom is -0.497 e. The summed E-state index contributed by atoms with van der Waals surface area (Å²) in [4.78, 5) is 22.3. The number of ether oxygens (including phenoxy) is 1. The highest BCUT2D eigenvalue weighted by molar-refractivity contribution is 6.02. The molecular weight excluding hydrogens is 296 g/mol. The van der Waals surface area contributed by atoms with Crippen molar-refractivity contribution in [2.45, 2.75) is 6.92 Å². The summed E-state index contributed by atoms with van der Waals surface area (Å²) in [5.74, 6) is 0.332. The molecule has 0 heterocycles. The van der Waals surface area contributed by atoms with Crippen LogP contribution in [-0.2, 0) is 4.79 Å². The number of nitro benzene ring substituents is 1. The molecule has 0 fully saturated rings. The summed E-state index contributed by atoms with van der Waals surface area (Å²) in [6.45, 7) is 1.77. The number of hydrogen-bond acceptors (Lipinski definition) is 4. The lowest BCUT2D eigenvalue weighted by Crippen LogP contribution is -2.09. The van der Waals surface area contributed by atoms with Gasteiger partial charge in [0.15, 0.2) is 0 Å². The van der Waals surface area contributed by atoms with Gasteiger partial charge in [-0.15, -0.1) is 0 Å². The van der Waals surface area contributed by atoms with Gasteiger partial charge in [0.25, 0.3) is 5.69 Å². The molecule has 2 rings (SSSR count). The Balaban J connectivity index is 2.11. The zero-order chi connectivity index (χ0) is 16.8. The highest BCUT2D eigenvalue weighted by atomic mass is 16.6. The molecular formula is C17H16N2O4. The fourth-order valence-corrected chi connectivity index (χ4v) is 1.95. The molecule has 2 aromatic carbocycles. The molecule has 1 N–H and O–H groups in total. The molecule has 0 aromatic heterocycles. The molecule has 0 atom stereocenters. The molecule has 0 saturated carbocycles. The van der Waals surface area contributed by atoms with Crippen LogP contribution in [0.1, 0.15) is 11.1 Å². The number of rotatable bonds is 5. The van der Waals surface area contributed by atoms with Gasteiger partial charge in [0.1, 0.15) is 5.75 Å². The van der Waals surface area contributed by atoms with E-state index < -0.39 is 4.92 Å². The van der Waals surface area contributed by atoms with Gasteiger partial charge in [0.2, 0.25) is 5.91 Å². The average Bonchev–Trinajstić information content (AvgIpc) is 2.55. The van der Waals surface area contributed by atoms with E-state index in [-0.39, 0.29) is 11.6 Å². The maximum absolute atomic E-state index is 12.0. The topological polar surface area (TPSA) is 81.5 Å². The quantitative estimate of drug-likeness (QED) is 0.520. The second-order valence-electron chi connectivity index (χ2n) is 4.86. The molecule has 0 aliphatic heterocycles. The number of anilines is 1. The van der Waals surface area contributed by atoms with Crippen LogP contribution in [0.3, 0.4) is 0 Å². The average molecular weight is 312 g/mol. The molecule has 6 nitrogen and oxygen atoms in total. The van der Waals surface area contributed by atoms with Crippen LogP contribution in [0.25, 0.3) is 6.08 Å². The van der Waals surface area contributed by atoms with E-state index in [1.807, 2.05) is 18.2 Å². The summed E-state index contributed by atoms with van der Waals surface area (Å²) < 4.78 is 5.11. The molecule has 0 saturated heterocycles. The standard InChI is InChI=1S/C17H16N2O4/c1-12-6-8-14(19(21)22)11-16(12)18-17(20)9-7-13-4-3-5-15(10-13)23-2/h3-11H,1-2H3,(H,18,20)/b9-7+. The fourth-order valence-electron chi connectivity index (χ4n) is 1.95. The number of carbonyl (C=O) groups is 1. The van der Waals surface area contributed by atoms with Crippen molar-refractivity contribution in [2.24, 2.45) is 0 Å². The Morgan fingerprint density at radius 1 is 1.26 bits per heavy atom. The normalized spacial score (nSPS) is 10.5. The van der Waals surface area contributed by atoms with E-state index >= 15 is 0 Å². The number of nitrogens with zero attached hydrogens (tertiary/aromatic N) is 1. The molecule has 1 amide bonds. The molecule has 118 valence electrons. The first kappa shape index (κ1) is 16.2. The number of nitro groups is 1. The van der Waals surface area contributed by atoms with E-state index in [0.29, 0.717) is 11.4 Å². The fraction of sp³-hybridized carbons (Fsp3) is 0.118. The molecule has 0 bridgehead atoms. The summed E-state index contributed by atoms with van der Waals surface area (Å²) in [6, 6.07) is 11.6. The van der Waals surface area contributed by atoms with E-state index in [4.69, 9.17) is 4.74 Å². The van der Waals surface area contributed by atoms with E-state index in [2.05, 4.69) is 5.32 Å². The largest absolute Gasteiger partial charge is 0.497 e. The zero-order valence-corrected chi connectivity index (χ0v) is 12.8. The molecule has 0 radical (unpaired) electrons. The van der Waals surface area contributed by atoms with Crippen LogP contribution in [0, 0.1) is 17.0 Å². The van der Waals surface area contributed by atoms with Gasteiger partial charge in [-0.2, -0.15) is 0 Å². The Morgan fingerprint density at radius 2 is 2.04 bits per heavy atom. The predicted octanol–water partition coefficient (Wildman–Crippen LogP) is 3.56. The smallest absolute Gasteiger partial charge is 0.271 e. The first-order valence-corrected chi connectivity index (χ1v) is 6.88. The number of hydrogen-bond donors (Lipinski definition) is 1. The summed E-state index contributed by atoms with van der Waals surface area (Å²) >= 11 is 0. The first-order chi connectivity index (χ1) is 11.0. The van der Waals surface area contributed by atoms with Gasteiger partial charge < -0.3 is 10.1 Å². The number of carbonyl (C=O) groups excluding carboxylic acids is 1. The third kappa shape index (κ3) is 4.41. The Labute approximate surface area is 133 Å². The van der Waals surface area contributed by atoms with Crippen molar-refractivity contribution in [3.05, 3.63) is 69.8 Å². The van der Waals surface area contributed by atoms with Gasteiger partial charge in [0, 0.05) is 18.2 Å². The van der Waals surface area contributed by atoms with Crippen molar-refractivity contribution in [3.8, 4) is 5.75 Å².